The van der Waals surface area contributed by atoms with Crippen molar-refractivity contribution in [3.63, 3.8) is 0 Å². The van der Waals surface area contributed by atoms with Crippen LogP contribution in [0.4, 0.5) is 18.9 Å². The third kappa shape index (κ3) is 3.57. The first-order valence-corrected chi connectivity index (χ1v) is 6.46. The molecule has 1 aliphatic heterocycles. The molecule has 0 atom stereocenters. The molecule has 22 heavy (non-hydrogen) atoms. The molecule has 5 nitrogen and oxygen atoms in total. The molecular formula is C14H14F3N3O2. The lowest BCUT2D eigenvalue weighted by Gasteiger charge is -2.12. The van der Waals surface area contributed by atoms with Gasteiger partial charge in [-0.15, -0.1) is 0 Å². The highest BCUT2D eigenvalue weighted by atomic mass is 19.4. The highest BCUT2D eigenvalue weighted by molar-refractivity contribution is 6.25. The molecule has 1 aromatic carbocycles. The van der Waals surface area contributed by atoms with E-state index in [1.54, 1.807) is 0 Å². The lowest BCUT2D eigenvalue weighted by molar-refractivity contribution is -0.137. The van der Waals surface area contributed by atoms with Gasteiger partial charge in [-0.25, -0.2) is 0 Å². The van der Waals surface area contributed by atoms with Crippen LogP contribution >= 0.6 is 0 Å². The Morgan fingerprint density at radius 3 is 2.68 bits per heavy atom. The Bertz CT molecular complexity index is 647. The van der Waals surface area contributed by atoms with Gasteiger partial charge in [-0.3, -0.25) is 9.79 Å². The van der Waals surface area contributed by atoms with Gasteiger partial charge in [0.25, 0.3) is 5.91 Å². The number of aliphatic hydroxyl groups excluding tert-OH is 1. The monoisotopic (exact) mass is 313 g/mol. The fourth-order valence-electron chi connectivity index (χ4n) is 1.98. The Morgan fingerprint density at radius 1 is 1.41 bits per heavy atom. The summed E-state index contributed by atoms with van der Waals surface area (Å²) < 4.78 is 37.9. The second kappa shape index (κ2) is 6.08. The molecule has 3 N–H and O–H groups in total. The first-order valence-electron chi connectivity index (χ1n) is 6.46. The number of benzene rings is 1. The molecule has 1 aromatic rings. The van der Waals surface area contributed by atoms with Crippen molar-refractivity contribution in [2.75, 3.05) is 18.4 Å². The standard InChI is InChI=1S/C14H14F3N3O2/c1-8(21)11(12-18-5-6-19-12)13(22)20-10-4-2-3-9(7-10)14(15,16)17/h2-4,7,21H,5-6H2,1H3,(H,18,19)(H,20,22)/b11-8-. The number of carbonyl (C=O) groups excluding carboxylic acids is 1. The summed E-state index contributed by atoms with van der Waals surface area (Å²) in [6, 6.07) is 4.26. The van der Waals surface area contributed by atoms with Crippen LogP contribution in [0.2, 0.25) is 0 Å². The molecule has 0 fully saturated rings. The van der Waals surface area contributed by atoms with Crippen molar-refractivity contribution in [2.24, 2.45) is 4.99 Å². The summed E-state index contributed by atoms with van der Waals surface area (Å²) in [5.74, 6) is -0.769. The first kappa shape index (κ1) is 15.9. The topological polar surface area (TPSA) is 73.7 Å². The molecule has 0 aromatic heterocycles. The molecule has 0 saturated carbocycles. The Kier molecular flexibility index (Phi) is 4.39. The molecule has 0 saturated heterocycles. The number of rotatable bonds is 3. The molecule has 0 aliphatic carbocycles. The van der Waals surface area contributed by atoms with Crippen LogP contribution < -0.4 is 10.6 Å². The fraction of sp³-hybridized carbons (Fsp3) is 0.286. The number of nitrogens with zero attached hydrogens (tertiary/aromatic N) is 1. The van der Waals surface area contributed by atoms with E-state index >= 15 is 0 Å². The maximum atomic E-state index is 12.6. The van der Waals surface area contributed by atoms with Crippen LogP contribution in [0, 0.1) is 0 Å². The van der Waals surface area contributed by atoms with Crippen LogP contribution in [-0.2, 0) is 11.0 Å². The van der Waals surface area contributed by atoms with E-state index in [0.717, 1.165) is 12.1 Å². The number of hydrogen-bond acceptors (Lipinski definition) is 4. The van der Waals surface area contributed by atoms with E-state index in [1.807, 2.05) is 0 Å². The van der Waals surface area contributed by atoms with E-state index < -0.39 is 17.6 Å². The number of hydrogen-bond donors (Lipinski definition) is 3. The van der Waals surface area contributed by atoms with Crippen molar-refractivity contribution in [3.05, 3.63) is 41.2 Å². The molecule has 2 rings (SSSR count). The zero-order chi connectivity index (χ0) is 16.3. The third-order valence-electron chi connectivity index (χ3n) is 2.95. The SMILES string of the molecule is C/C(O)=C(/C(=O)Nc1cccc(C(F)(F)F)c1)C1=NCCN1. The van der Waals surface area contributed by atoms with Crippen molar-refractivity contribution in [3.8, 4) is 0 Å². The summed E-state index contributed by atoms with van der Waals surface area (Å²) in [6.45, 7) is 2.30. The second-order valence-electron chi connectivity index (χ2n) is 4.65. The molecule has 0 radical (unpaired) electrons. The average Bonchev–Trinajstić information content (AvgIpc) is 2.91. The van der Waals surface area contributed by atoms with E-state index in [1.165, 1.54) is 19.1 Å². The minimum absolute atomic E-state index is 0.0165. The Morgan fingerprint density at radius 2 is 2.14 bits per heavy atom. The summed E-state index contributed by atoms with van der Waals surface area (Å²) in [5.41, 5.74) is -0.972. The van der Waals surface area contributed by atoms with Gasteiger partial charge in [0.2, 0.25) is 0 Å². The number of amides is 1. The van der Waals surface area contributed by atoms with Crippen molar-refractivity contribution in [1.82, 2.24) is 5.32 Å². The normalized spacial score (nSPS) is 15.7. The maximum Gasteiger partial charge on any atom is 0.416 e. The first-order chi connectivity index (χ1) is 10.3. The van der Waals surface area contributed by atoms with Crippen molar-refractivity contribution in [2.45, 2.75) is 13.1 Å². The molecular weight excluding hydrogens is 299 g/mol. The van der Waals surface area contributed by atoms with Crippen LogP contribution in [0.15, 0.2) is 40.6 Å². The van der Waals surface area contributed by atoms with E-state index in [0.29, 0.717) is 13.1 Å². The Balaban J connectivity index is 2.23. The number of anilines is 1. The molecule has 0 spiro atoms. The summed E-state index contributed by atoms with van der Waals surface area (Å²) in [4.78, 5) is 16.2. The number of allylic oxidation sites excluding steroid dienone is 1. The highest BCUT2D eigenvalue weighted by Crippen LogP contribution is 2.30. The van der Waals surface area contributed by atoms with Gasteiger partial charge < -0.3 is 15.7 Å². The number of amidine groups is 1. The minimum atomic E-state index is -4.50. The Labute approximate surface area is 124 Å². The zero-order valence-electron chi connectivity index (χ0n) is 11.7. The predicted molar refractivity (Wildman–Crippen MR) is 75.7 cm³/mol. The maximum absolute atomic E-state index is 12.6. The van der Waals surface area contributed by atoms with E-state index in [9.17, 15) is 23.1 Å². The zero-order valence-corrected chi connectivity index (χ0v) is 11.7. The van der Waals surface area contributed by atoms with Gasteiger partial charge in [0.1, 0.15) is 17.2 Å². The number of alkyl halides is 3. The average molecular weight is 313 g/mol. The van der Waals surface area contributed by atoms with Gasteiger partial charge in [0.05, 0.1) is 12.1 Å². The van der Waals surface area contributed by atoms with E-state index in [2.05, 4.69) is 15.6 Å². The van der Waals surface area contributed by atoms with Crippen LogP contribution in [0.1, 0.15) is 12.5 Å². The van der Waals surface area contributed by atoms with Crippen molar-refractivity contribution in [1.29, 1.82) is 0 Å². The number of carbonyl (C=O) groups is 1. The van der Waals surface area contributed by atoms with Crippen LogP contribution in [0.3, 0.4) is 0 Å². The summed E-state index contributed by atoms with van der Waals surface area (Å²) in [7, 11) is 0. The summed E-state index contributed by atoms with van der Waals surface area (Å²) >= 11 is 0. The molecule has 1 heterocycles. The molecule has 118 valence electrons. The molecule has 0 unspecified atom stereocenters. The minimum Gasteiger partial charge on any atom is -0.512 e. The van der Waals surface area contributed by atoms with E-state index in [-0.39, 0.29) is 22.9 Å². The molecule has 8 heteroatoms. The fourth-order valence-corrected chi connectivity index (χ4v) is 1.98. The lowest BCUT2D eigenvalue weighted by Crippen LogP contribution is -2.29. The van der Waals surface area contributed by atoms with Crippen LogP contribution in [0.25, 0.3) is 0 Å². The number of aliphatic imine (C=N–C) groups is 1. The van der Waals surface area contributed by atoms with Gasteiger partial charge in [-0.05, 0) is 25.1 Å². The van der Waals surface area contributed by atoms with Crippen molar-refractivity contribution < 1.29 is 23.1 Å². The Hall–Kier alpha value is -2.51. The largest absolute Gasteiger partial charge is 0.512 e. The highest BCUT2D eigenvalue weighted by Gasteiger charge is 2.30. The smallest absolute Gasteiger partial charge is 0.416 e. The van der Waals surface area contributed by atoms with Crippen molar-refractivity contribution >= 4 is 17.4 Å². The van der Waals surface area contributed by atoms with Gasteiger partial charge in [0, 0.05) is 12.2 Å². The van der Waals surface area contributed by atoms with E-state index in [4.69, 9.17) is 0 Å². The summed E-state index contributed by atoms with van der Waals surface area (Å²) in [6.07, 6.45) is -4.50. The van der Waals surface area contributed by atoms with Crippen LogP contribution in [0.5, 0.6) is 0 Å². The van der Waals surface area contributed by atoms with Gasteiger partial charge in [-0.2, -0.15) is 13.2 Å². The van der Waals surface area contributed by atoms with Crippen LogP contribution in [-0.4, -0.2) is 29.9 Å². The third-order valence-corrected chi connectivity index (χ3v) is 2.95. The predicted octanol–water partition coefficient (Wildman–Crippen LogP) is 2.48. The summed E-state index contributed by atoms with van der Waals surface area (Å²) in [5, 5.41) is 14.8. The van der Waals surface area contributed by atoms with Gasteiger partial charge in [-0.1, -0.05) is 6.07 Å². The molecule has 1 aliphatic rings. The van der Waals surface area contributed by atoms with Gasteiger partial charge >= 0.3 is 6.18 Å². The van der Waals surface area contributed by atoms with Gasteiger partial charge in [0.15, 0.2) is 0 Å². The molecule has 0 bridgehead atoms. The molecule has 1 amide bonds. The number of nitrogens with one attached hydrogen (secondary N) is 2. The number of halogens is 3. The number of aliphatic hydroxyl groups is 1. The lowest BCUT2D eigenvalue weighted by atomic mass is 10.1. The second-order valence-corrected chi connectivity index (χ2v) is 4.65. The quantitative estimate of drug-likeness (QED) is 0.593.